The predicted molar refractivity (Wildman–Crippen MR) is 101 cm³/mol. The lowest BCUT2D eigenvalue weighted by atomic mass is 10.2. The molecule has 28 heavy (non-hydrogen) atoms. The van der Waals surface area contributed by atoms with Crippen molar-refractivity contribution in [2.24, 2.45) is 0 Å². The highest BCUT2D eigenvalue weighted by molar-refractivity contribution is 7.51. The number of rotatable bonds is 11. The van der Waals surface area contributed by atoms with Crippen molar-refractivity contribution in [2.45, 2.75) is 25.7 Å². The van der Waals surface area contributed by atoms with Crippen LogP contribution < -0.4 is 0 Å². The van der Waals surface area contributed by atoms with Gasteiger partial charge in [0.05, 0.1) is 6.16 Å². The predicted octanol–water partition coefficient (Wildman–Crippen LogP) is 2.26. The van der Waals surface area contributed by atoms with E-state index in [1.165, 1.54) is 0 Å². The third kappa shape index (κ3) is 7.62. The van der Waals surface area contributed by atoms with Gasteiger partial charge in [0.25, 0.3) is 0 Å². The molecule has 0 aromatic heterocycles. The lowest BCUT2D eigenvalue weighted by Crippen LogP contribution is -2.42. The molecule has 0 fully saturated rings. The van der Waals surface area contributed by atoms with E-state index in [0.29, 0.717) is 6.41 Å². The van der Waals surface area contributed by atoms with E-state index in [2.05, 4.69) is 0 Å². The zero-order chi connectivity index (χ0) is 20.4. The smallest absolute Gasteiger partial charge is 0.331 e. The molecule has 8 nitrogen and oxygen atoms in total. The fourth-order valence-electron chi connectivity index (χ4n) is 2.38. The van der Waals surface area contributed by atoms with E-state index in [9.17, 15) is 14.2 Å². The highest BCUT2D eigenvalue weighted by atomic mass is 31.2. The van der Waals surface area contributed by atoms with Crippen LogP contribution >= 0.6 is 7.60 Å². The van der Waals surface area contributed by atoms with Crippen molar-refractivity contribution in [3.05, 3.63) is 71.8 Å². The van der Waals surface area contributed by atoms with Crippen LogP contribution in [0.5, 0.6) is 0 Å². The summed E-state index contributed by atoms with van der Waals surface area (Å²) in [6.07, 6.45) is -0.584. The summed E-state index contributed by atoms with van der Waals surface area (Å²) in [4.78, 5) is 47.6. The van der Waals surface area contributed by atoms with Gasteiger partial charge in [-0.2, -0.15) is 0 Å². The van der Waals surface area contributed by atoms with Crippen LogP contribution in [0.3, 0.4) is 0 Å². The molecular formula is C19H22NO7P. The van der Waals surface area contributed by atoms with Gasteiger partial charge in [0.1, 0.15) is 13.2 Å². The van der Waals surface area contributed by atoms with Gasteiger partial charge >= 0.3 is 13.6 Å². The van der Waals surface area contributed by atoms with Gasteiger partial charge in [0.15, 0.2) is 6.04 Å². The molecule has 0 heterocycles. The normalized spacial score (nSPS) is 12.2. The van der Waals surface area contributed by atoms with Crippen molar-refractivity contribution < 1.29 is 33.5 Å². The van der Waals surface area contributed by atoms with Crippen molar-refractivity contribution in [1.82, 2.24) is 5.06 Å². The first-order chi connectivity index (χ1) is 13.4. The number of esters is 1. The Balaban J connectivity index is 2.05. The minimum Gasteiger partial charge on any atom is -0.459 e. The van der Waals surface area contributed by atoms with Crippen molar-refractivity contribution in [3.63, 3.8) is 0 Å². The summed E-state index contributed by atoms with van der Waals surface area (Å²) >= 11 is 0. The summed E-state index contributed by atoms with van der Waals surface area (Å²) in [5.74, 6) is -0.808. The summed E-state index contributed by atoms with van der Waals surface area (Å²) in [6.45, 7) is -0.0184. The van der Waals surface area contributed by atoms with Crippen LogP contribution in [0.4, 0.5) is 0 Å². The van der Waals surface area contributed by atoms with Crippen LogP contribution in [-0.2, 0) is 36.9 Å². The maximum absolute atomic E-state index is 12.5. The minimum absolute atomic E-state index is 0.0119. The Labute approximate surface area is 162 Å². The van der Waals surface area contributed by atoms with Crippen LogP contribution in [-0.4, -0.2) is 39.4 Å². The average Bonchev–Trinajstić information content (AvgIpc) is 2.69. The third-order valence-corrected chi connectivity index (χ3v) is 4.66. The number of carbonyl (C=O) groups excluding carboxylic acids is 2. The summed E-state index contributed by atoms with van der Waals surface area (Å²) in [5, 5.41) is 0.746. The maximum Gasteiger partial charge on any atom is 0.331 e. The Morgan fingerprint density at radius 2 is 1.54 bits per heavy atom. The second-order valence-corrected chi connectivity index (χ2v) is 7.79. The zero-order valence-electron chi connectivity index (χ0n) is 15.1. The number of hydrogen-bond donors (Lipinski definition) is 2. The molecule has 9 heteroatoms. The van der Waals surface area contributed by atoms with Gasteiger partial charge in [-0.05, 0) is 17.5 Å². The zero-order valence-corrected chi connectivity index (χ0v) is 16.0. The van der Waals surface area contributed by atoms with Gasteiger partial charge in [0.2, 0.25) is 6.41 Å². The Kier molecular flexibility index (Phi) is 8.35. The quantitative estimate of drug-likeness (QED) is 0.254. The van der Waals surface area contributed by atoms with Gasteiger partial charge in [-0.15, -0.1) is 0 Å². The van der Waals surface area contributed by atoms with Crippen LogP contribution in [0.2, 0.25) is 0 Å². The van der Waals surface area contributed by atoms with Crippen LogP contribution in [0.15, 0.2) is 60.7 Å². The molecule has 1 unspecified atom stereocenters. The standard InChI is InChI=1S/C19H22NO7P/c21-15-20(27-14-17-9-5-2-6-10-17)18(11-12-28(23,24)25)19(22)26-13-16-7-3-1-4-8-16/h1-10,15,18H,11-14H2,(H2,23,24,25). The first kappa shape index (κ1) is 21.8. The van der Waals surface area contributed by atoms with E-state index in [4.69, 9.17) is 19.4 Å². The molecule has 2 aromatic carbocycles. The molecule has 150 valence electrons. The average molecular weight is 407 g/mol. The van der Waals surface area contributed by atoms with Crippen LogP contribution in [0, 0.1) is 0 Å². The molecule has 0 aliphatic heterocycles. The van der Waals surface area contributed by atoms with E-state index in [0.717, 1.165) is 16.2 Å². The highest BCUT2D eigenvalue weighted by Crippen LogP contribution is 2.36. The number of nitrogens with zero attached hydrogens (tertiary/aromatic N) is 1. The van der Waals surface area contributed by atoms with E-state index < -0.39 is 25.8 Å². The van der Waals surface area contributed by atoms with E-state index >= 15 is 0 Å². The number of amides is 1. The summed E-state index contributed by atoms with van der Waals surface area (Å²) in [5.41, 5.74) is 1.51. The number of ether oxygens (including phenoxy) is 1. The highest BCUT2D eigenvalue weighted by Gasteiger charge is 2.30. The monoisotopic (exact) mass is 407 g/mol. The lowest BCUT2D eigenvalue weighted by Gasteiger charge is -2.26. The largest absolute Gasteiger partial charge is 0.459 e. The first-order valence-corrected chi connectivity index (χ1v) is 10.3. The Morgan fingerprint density at radius 1 is 1.00 bits per heavy atom. The molecule has 1 amide bonds. The second kappa shape index (κ2) is 10.7. The van der Waals surface area contributed by atoms with E-state index in [-0.39, 0.29) is 19.6 Å². The molecule has 0 saturated carbocycles. The fraction of sp³-hybridized carbons (Fsp3) is 0.263. The topological polar surface area (TPSA) is 113 Å². The third-order valence-electron chi connectivity index (χ3n) is 3.82. The maximum atomic E-state index is 12.5. The number of hydroxylamine groups is 2. The van der Waals surface area contributed by atoms with E-state index in [1.54, 1.807) is 48.5 Å². The first-order valence-electron chi connectivity index (χ1n) is 8.54. The van der Waals surface area contributed by atoms with Crippen molar-refractivity contribution in [2.75, 3.05) is 6.16 Å². The Morgan fingerprint density at radius 3 is 2.04 bits per heavy atom. The molecule has 0 bridgehead atoms. The van der Waals surface area contributed by atoms with Crippen molar-refractivity contribution in [3.8, 4) is 0 Å². The minimum atomic E-state index is -4.37. The van der Waals surface area contributed by atoms with Gasteiger partial charge < -0.3 is 14.5 Å². The Bertz CT molecular complexity index is 794. The fourth-order valence-corrected chi connectivity index (χ4v) is 2.96. The second-order valence-electron chi connectivity index (χ2n) is 6.01. The molecular weight excluding hydrogens is 385 g/mol. The molecule has 2 N–H and O–H groups in total. The molecule has 1 atom stereocenters. The Hall–Kier alpha value is -2.51. The molecule has 0 spiro atoms. The number of hydrogen-bond acceptors (Lipinski definition) is 5. The lowest BCUT2D eigenvalue weighted by molar-refractivity contribution is -0.203. The van der Waals surface area contributed by atoms with E-state index in [1.807, 2.05) is 12.1 Å². The van der Waals surface area contributed by atoms with Crippen LogP contribution in [0.25, 0.3) is 0 Å². The van der Waals surface area contributed by atoms with Crippen LogP contribution in [0.1, 0.15) is 17.5 Å². The van der Waals surface area contributed by atoms with Gasteiger partial charge in [-0.1, -0.05) is 60.7 Å². The molecule has 0 saturated heterocycles. The number of carbonyl (C=O) groups is 2. The SMILES string of the molecule is O=CN(OCc1ccccc1)C(CCP(=O)(O)O)C(=O)OCc1ccccc1. The summed E-state index contributed by atoms with van der Waals surface area (Å²) in [6, 6.07) is 16.6. The van der Waals surface area contributed by atoms with Gasteiger partial charge in [0, 0.05) is 0 Å². The van der Waals surface area contributed by atoms with Crippen molar-refractivity contribution >= 4 is 20.0 Å². The van der Waals surface area contributed by atoms with Crippen molar-refractivity contribution in [1.29, 1.82) is 0 Å². The molecule has 2 rings (SSSR count). The van der Waals surface area contributed by atoms with Gasteiger partial charge in [-0.25, -0.2) is 9.86 Å². The molecule has 0 aliphatic carbocycles. The molecule has 0 radical (unpaired) electrons. The molecule has 2 aromatic rings. The molecule has 0 aliphatic rings. The summed E-state index contributed by atoms with van der Waals surface area (Å²) in [7, 11) is -4.37. The van der Waals surface area contributed by atoms with Gasteiger partial charge in [-0.3, -0.25) is 14.2 Å². The number of benzene rings is 2. The summed E-state index contributed by atoms with van der Waals surface area (Å²) < 4.78 is 16.4.